The van der Waals surface area contributed by atoms with E-state index in [0.29, 0.717) is 5.69 Å². The van der Waals surface area contributed by atoms with E-state index in [1.54, 1.807) is 6.07 Å². The van der Waals surface area contributed by atoms with E-state index in [0.717, 1.165) is 29.3 Å². The molecule has 0 aliphatic carbocycles. The topological polar surface area (TPSA) is 84.5 Å². The Bertz CT molecular complexity index is 1010. The second kappa shape index (κ2) is 11.0. The number of aryl methyl sites for hydroxylation is 2. The van der Waals surface area contributed by atoms with Gasteiger partial charge in [-0.1, -0.05) is 29.3 Å². The van der Waals surface area contributed by atoms with Crippen LogP contribution in [-0.4, -0.2) is 24.4 Å². The second-order valence-corrected chi connectivity index (χ2v) is 7.53. The van der Waals surface area contributed by atoms with Crippen LogP contribution in [0.15, 0.2) is 36.4 Å². The Morgan fingerprint density at radius 2 is 1.62 bits per heavy atom. The fourth-order valence-corrected chi connectivity index (χ4v) is 2.93. The van der Waals surface area contributed by atoms with E-state index < -0.39 is 36.1 Å². The average molecular weight is 471 g/mol. The third-order valence-electron chi connectivity index (χ3n) is 4.37. The van der Waals surface area contributed by atoms with Crippen molar-refractivity contribution in [2.75, 3.05) is 17.2 Å². The fourth-order valence-electron chi connectivity index (χ4n) is 2.76. The first-order valence-corrected chi connectivity index (χ1v) is 10.0. The Morgan fingerprint density at radius 1 is 0.938 bits per heavy atom. The maximum absolute atomic E-state index is 12.8. The highest BCUT2D eigenvalue weighted by atomic mass is 35.5. The molecule has 0 aliphatic rings. The molecule has 0 saturated carbocycles. The summed E-state index contributed by atoms with van der Waals surface area (Å²) >= 11 is 5.83. The number of alkyl halides is 3. The largest absolute Gasteiger partial charge is 0.456 e. The van der Waals surface area contributed by atoms with Crippen LogP contribution >= 0.6 is 11.6 Å². The van der Waals surface area contributed by atoms with Crippen LogP contribution in [0.5, 0.6) is 0 Å². The van der Waals surface area contributed by atoms with E-state index >= 15 is 0 Å². The molecule has 10 heteroatoms. The van der Waals surface area contributed by atoms with Gasteiger partial charge in [-0.05, 0) is 50.1 Å². The lowest BCUT2D eigenvalue weighted by molar-refractivity contribution is -0.147. The normalized spacial score (nSPS) is 11.1. The molecule has 0 bridgehead atoms. The molecule has 32 heavy (non-hydrogen) atoms. The number of rotatable bonds is 8. The Hall–Kier alpha value is -3.07. The molecule has 0 aliphatic heterocycles. The Kier molecular flexibility index (Phi) is 8.65. The number of carbonyl (C=O) groups excluding carboxylic acids is 3. The molecule has 0 saturated heterocycles. The number of ether oxygens (including phenoxy) is 1. The number of esters is 1. The number of hydrogen-bond acceptors (Lipinski definition) is 4. The van der Waals surface area contributed by atoms with Gasteiger partial charge in [0.05, 0.1) is 16.3 Å². The van der Waals surface area contributed by atoms with Gasteiger partial charge in [0.2, 0.25) is 5.91 Å². The summed E-state index contributed by atoms with van der Waals surface area (Å²) in [7, 11) is 0. The van der Waals surface area contributed by atoms with Gasteiger partial charge in [-0.2, -0.15) is 13.2 Å². The van der Waals surface area contributed by atoms with Crippen molar-refractivity contribution in [2.45, 2.75) is 39.3 Å². The summed E-state index contributed by atoms with van der Waals surface area (Å²) in [6.45, 7) is 3.29. The molecule has 2 aromatic carbocycles. The Balaban J connectivity index is 1.73. The summed E-state index contributed by atoms with van der Waals surface area (Å²) in [5, 5.41) is 4.90. The summed E-state index contributed by atoms with van der Waals surface area (Å²) in [5.74, 6) is -1.78. The molecule has 0 heterocycles. The minimum Gasteiger partial charge on any atom is -0.456 e. The molecule has 172 valence electrons. The molecule has 0 fully saturated rings. The number of carbonyl (C=O) groups is 3. The number of amides is 2. The van der Waals surface area contributed by atoms with Crippen molar-refractivity contribution in [3.8, 4) is 0 Å². The molecule has 2 aromatic rings. The minimum atomic E-state index is -4.57. The van der Waals surface area contributed by atoms with Crippen LogP contribution in [0, 0.1) is 13.8 Å². The van der Waals surface area contributed by atoms with Crippen molar-refractivity contribution in [1.82, 2.24) is 0 Å². The Morgan fingerprint density at radius 3 is 2.28 bits per heavy atom. The maximum Gasteiger partial charge on any atom is 0.416 e. The number of halogens is 4. The van der Waals surface area contributed by atoms with Crippen LogP contribution < -0.4 is 10.6 Å². The van der Waals surface area contributed by atoms with Gasteiger partial charge in [0.1, 0.15) is 0 Å². The molecule has 2 amide bonds. The molecule has 6 nitrogen and oxygen atoms in total. The van der Waals surface area contributed by atoms with Crippen molar-refractivity contribution in [2.24, 2.45) is 0 Å². The van der Waals surface area contributed by atoms with Gasteiger partial charge in [-0.15, -0.1) is 0 Å². The van der Waals surface area contributed by atoms with Crippen molar-refractivity contribution >= 4 is 40.8 Å². The van der Waals surface area contributed by atoms with Crippen molar-refractivity contribution in [1.29, 1.82) is 0 Å². The van der Waals surface area contributed by atoms with E-state index in [9.17, 15) is 27.6 Å². The van der Waals surface area contributed by atoms with Crippen molar-refractivity contribution < 1.29 is 32.3 Å². The zero-order valence-corrected chi connectivity index (χ0v) is 18.2. The van der Waals surface area contributed by atoms with Crippen LogP contribution in [0.1, 0.15) is 36.0 Å². The zero-order chi connectivity index (χ0) is 23.9. The highest BCUT2D eigenvalue weighted by molar-refractivity contribution is 6.33. The number of hydrogen-bond donors (Lipinski definition) is 2. The van der Waals surface area contributed by atoms with Crippen molar-refractivity contribution in [3.05, 3.63) is 58.1 Å². The van der Waals surface area contributed by atoms with Gasteiger partial charge in [-0.25, -0.2) is 0 Å². The van der Waals surface area contributed by atoms with Crippen LogP contribution in [-0.2, 0) is 25.3 Å². The second-order valence-electron chi connectivity index (χ2n) is 7.12. The van der Waals surface area contributed by atoms with Gasteiger partial charge >= 0.3 is 12.1 Å². The maximum atomic E-state index is 12.8. The number of nitrogens with one attached hydrogen (secondary N) is 2. The van der Waals surface area contributed by atoms with Gasteiger partial charge < -0.3 is 15.4 Å². The summed E-state index contributed by atoms with van der Waals surface area (Å²) < 4.78 is 43.2. The number of anilines is 2. The smallest absolute Gasteiger partial charge is 0.416 e. The average Bonchev–Trinajstić information content (AvgIpc) is 2.69. The van der Waals surface area contributed by atoms with Crippen LogP contribution in [0.25, 0.3) is 0 Å². The zero-order valence-electron chi connectivity index (χ0n) is 17.4. The van der Waals surface area contributed by atoms with Crippen molar-refractivity contribution in [3.63, 3.8) is 0 Å². The summed E-state index contributed by atoms with van der Waals surface area (Å²) in [6.07, 6.45) is -4.77. The lowest BCUT2D eigenvalue weighted by Gasteiger charge is -2.11. The van der Waals surface area contributed by atoms with E-state index in [2.05, 4.69) is 10.6 Å². The molecular formula is C22H22ClF3N2O4. The SMILES string of the molecule is Cc1ccc(NC(=O)COC(=O)CCCC(=O)Nc2cc(C(F)(F)F)ccc2Cl)c(C)c1. The quantitative estimate of drug-likeness (QED) is 0.515. The van der Waals surface area contributed by atoms with Gasteiger partial charge in [0, 0.05) is 18.5 Å². The van der Waals surface area contributed by atoms with Gasteiger partial charge in [0.15, 0.2) is 6.61 Å². The molecule has 0 aromatic heterocycles. The molecule has 2 rings (SSSR count). The van der Waals surface area contributed by atoms with E-state index in [-0.39, 0.29) is 30.0 Å². The van der Waals surface area contributed by atoms with Gasteiger partial charge in [-0.3, -0.25) is 14.4 Å². The lowest BCUT2D eigenvalue weighted by Crippen LogP contribution is -2.21. The predicted molar refractivity (Wildman–Crippen MR) is 114 cm³/mol. The Labute approximate surface area is 188 Å². The first kappa shape index (κ1) is 25.2. The number of benzene rings is 2. The van der Waals surface area contributed by atoms with Crippen LogP contribution in [0.4, 0.5) is 24.5 Å². The fraction of sp³-hybridized carbons (Fsp3) is 0.318. The van der Waals surface area contributed by atoms with Crippen LogP contribution in [0.2, 0.25) is 5.02 Å². The summed E-state index contributed by atoms with van der Waals surface area (Å²) in [5.41, 5.74) is 1.42. The molecule has 0 unspecified atom stereocenters. The molecule has 0 radical (unpaired) electrons. The highest BCUT2D eigenvalue weighted by Crippen LogP contribution is 2.33. The van der Waals surface area contributed by atoms with Gasteiger partial charge in [0.25, 0.3) is 5.91 Å². The first-order valence-electron chi connectivity index (χ1n) is 9.65. The standard InChI is InChI=1S/C22H22ClF3N2O4/c1-13-6-9-17(14(2)10-13)27-20(30)12-32-21(31)5-3-4-19(29)28-18-11-15(22(24,25)26)7-8-16(18)23/h6-11H,3-5,12H2,1-2H3,(H,27,30)(H,28,29). The molecule has 0 spiro atoms. The predicted octanol–water partition coefficient (Wildman–Crippen LogP) is 5.27. The molecule has 2 N–H and O–H groups in total. The third-order valence-corrected chi connectivity index (χ3v) is 4.70. The molecule has 0 atom stereocenters. The highest BCUT2D eigenvalue weighted by Gasteiger charge is 2.31. The van der Waals surface area contributed by atoms with E-state index in [1.165, 1.54) is 0 Å². The summed E-state index contributed by atoms with van der Waals surface area (Å²) in [6, 6.07) is 8.08. The first-order chi connectivity index (χ1) is 15.0. The minimum absolute atomic E-state index is 0.0411. The lowest BCUT2D eigenvalue weighted by atomic mass is 10.1. The molecular weight excluding hydrogens is 449 g/mol. The van der Waals surface area contributed by atoms with Crippen LogP contribution in [0.3, 0.4) is 0 Å². The van der Waals surface area contributed by atoms with E-state index in [1.807, 2.05) is 26.0 Å². The summed E-state index contributed by atoms with van der Waals surface area (Å²) in [4.78, 5) is 35.7. The monoisotopic (exact) mass is 470 g/mol. The third kappa shape index (κ3) is 7.88. The van der Waals surface area contributed by atoms with E-state index in [4.69, 9.17) is 16.3 Å².